The summed E-state index contributed by atoms with van der Waals surface area (Å²) in [4.78, 5) is 27.0. The molecule has 1 unspecified atom stereocenters. The van der Waals surface area contributed by atoms with Gasteiger partial charge in [-0.25, -0.2) is 13.2 Å². The molecule has 178 valence electrons. The predicted octanol–water partition coefficient (Wildman–Crippen LogP) is 2.11. The number of nitrogens with one attached hydrogen (secondary N) is 1. The van der Waals surface area contributed by atoms with Crippen LogP contribution in [0.5, 0.6) is 0 Å². The first-order chi connectivity index (χ1) is 15.2. The highest BCUT2D eigenvalue weighted by atomic mass is 32.2. The Bertz CT molecular complexity index is 893. The summed E-state index contributed by atoms with van der Waals surface area (Å²) in [6.07, 6.45) is 2.12. The van der Waals surface area contributed by atoms with Crippen molar-refractivity contribution < 1.29 is 22.7 Å². The monoisotopic (exact) mass is 465 g/mol. The summed E-state index contributed by atoms with van der Waals surface area (Å²) >= 11 is 0. The van der Waals surface area contributed by atoms with E-state index >= 15 is 0 Å². The van der Waals surface area contributed by atoms with Gasteiger partial charge in [0.15, 0.2) is 0 Å². The van der Waals surface area contributed by atoms with Gasteiger partial charge in [0.05, 0.1) is 17.1 Å². The second kappa shape index (κ2) is 10.8. The van der Waals surface area contributed by atoms with Crippen LogP contribution in [0.1, 0.15) is 50.4 Å². The van der Waals surface area contributed by atoms with E-state index in [1.54, 1.807) is 6.92 Å². The fraction of sp³-hybridized carbons (Fsp3) is 0.652. The van der Waals surface area contributed by atoms with E-state index in [2.05, 4.69) is 24.1 Å². The number of rotatable bonds is 8. The predicted molar refractivity (Wildman–Crippen MR) is 122 cm³/mol. The molecule has 2 fully saturated rings. The zero-order valence-electron chi connectivity index (χ0n) is 19.2. The number of esters is 1. The van der Waals surface area contributed by atoms with Crippen LogP contribution in [-0.4, -0.2) is 74.9 Å². The second-order valence-corrected chi connectivity index (χ2v) is 10.8. The molecule has 0 aliphatic carbocycles. The number of sulfonamides is 1. The van der Waals surface area contributed by atoms with Crippen molar-refractivity contribution in [2.75, 3.05) is 39.3 Å². The van der Waals surface area contributed by atoms with Crippen molar-refractivity contribution in [3.63, 3.8) is 0 Å². The molecule has 1 aromatic rings. The van der Waals surface area contributed by atoms with E-state index in [0.29, 0.717) is 50.0 Å². The van der Waals surface area contributed by atoms with Crippen molar-refractivity contribution >= 4 is 21.9 Å². The molecule has 0 spiro atoms. The molecular formula is C23H35N3O5S. The molecule has 1 atom stereocenters. The molecule has 2 aliphatic rings. The van der Waals surface area contributed by atoms with Crippen molar-refractivity contribution in [2.45, 2.75) is 51.0 Å². The minimum Gasteiger partial charge on any atom is -0.462 e. The zero-order valence-corrected chi connectivity index (χ0v) is 20.1. The maximum Gasteiger partial charge on any atom is 0.338 e. The third kappa shape index (κ3) is 5.88. The number of nitrogens with zero attached hydrogens (tertiary/aromatic N) is 2. The lowest BCUT2D eigenvalue weighted by Gasteiger charge is -2.30. The Kier molecular flexibility index (Phi) is 8.30. The van der Waals surface area contributed by atoms with Crippen LogP contribution < -0.4 is 5.32 Å². The quantitative estimate of drug-likeness (QED) is 0.591. The van der Waals surface area contributed by atoms with Gasteiger partial charge in [0.25, 0.3) is 0 Å². The van der Waals surface area contributed by atoms with Gasteiger partial charge in [0, 0.05) is 38.1 Å². The summed E-state index contributed by atoms with van der Waals surface area (Å²) in [5.74, 6) is -0.115. The molecule has 1 N–H and O–H groups in total. The molecule has 32 heavy (non-hydrogen) atoms. The summed E-state index contributed by atoms with van der Waals surface area (Å²) in [5, 5.41) is 3.09. The first-order valence-corrected chi connectivity index (χ1v) is 13.0. The van der Waals surface area contributed by atoms with Gasteiger partial charge in [-0.15, -0.1) is 0 Å². The van der Waals surface area contributed by atoms with E-state index in [0.717, 1.165) is 19.5 Å². The third-order valence-corrected chi connectivity index (χ3v) is 8.35. The molecule has 1 amide bonds. The lowest BCUT2D eigenvalue weighted by Crippen LogP contribution is -2.44. The molecule has 8 nitrogen and oxygen atoms in total. The normalized spacial score (nSPS) is 21.1. The van der Waals surface area contributed by atoms with E-state index in [1.807, 2.05) is 0 Å². The highest BCUT2D eigenvalue weighted by Crippen LogP contribution is 2.25. The van der Waals surface area contributed by atoms with Gasteiger partial charge < -0.3 is 15.0 Å². The number of likely N-dealkylation sites (tertiary alicyclic amines) is 1. The van der Waals surface area contributed by atoms with E-state index in [4.69, 9.17) is 4.74 Å². The molecule has 3 rings (SSSR count). The van der Waals surface area contributed by atoms with Gasteiger partial charge in [-0.1, -0.05) is 0 Å². The lowest BCUT2D eigenvalue weighted by atomic mass is 9.97. The SMILES string of the molecule is CCOC(=O)c1ccc(S(=O)(=O)N2CCC(C(=O)NCC3CCN(C(C)C)C3)CC2)cc1. The number of piperidine rings is 1. The van der Waals surface area contributed by atoms with Gasteiger partial charge >= 0.3 is 5.97 Å². The molecule has 2 saturated heterocycles. The number of benzene rings is 1. The minimum absolute atomic E-state index is 0.0313. The van der Waals surface area contributed by atoms with Crippen LogP contribution in [0, 0.1) is 11.8 Å². The van der Waals surface area contributed by atoms with Gasteiger partial charge in [-0.2, -0.15) is 4.31 Å². The Morgan fingerprint density at radius 3 is 2.31 bits per heavy atom. The van der Waals surface area contributed by atoms with E-state index in [1.165, 1.54) is 28.6 Å². The maximum absolute atomic E-state index is 13.0. The first-order valence-electron chi connectivity index (χ1n) is 11.5. The van der Waals surface area contributed by atoms with Gasteiger partial charge in [0.2, 0.25) is 15.9 Å². The molecular weight excluding hydrogens is 430 g/mol. The standard InChI is InChI=1S/C23H35N3O5S/c1-4-31-23(28)20-5-7-21(8-6-20)32(29,30)26-13-10-19(11-14-26)22(27)24-15-18-9-12-25(16-18)17(2)3/h5-8,17-19H,4,9-16H2,1-3H3,(H,24,27). The topological polar surface area (TPSA) is 96.0 Å². The van der Waals surface area contributed by atoms with Crippen LogP contribution in [0.15, 0.2) is 29.2 Å². The number of carbonyl (C=O) groups excluding carboxylic acids is 2. The molecule has 2 aliphatic heterocycles. The average molecular weight is 466 g/mol. The fourth-order valence-electron chi connectivity index (χ4n) is 4.37. The van der Waals surface area contributed by atoms with Crippen molar-refractivity contribution in [3.05, 3.63) is 29.8 Å². The fourth-order valence-corrected chi connectivity index (χ4v) is 5.84. The summed E-state index contributed by atoms with van der Waals surface area (Å²) in [6.45, 7) is 9.77. The highest BCUT2D eigenvalue weighted by Gasteiger charge is 2.33. The van der Waals surface area contributed by atoms with Gasteiger partial charge in [-0.05, 0) is 76.8 Å². The van der Waals surface area contributed by atoms with Crippen LogP contribution in [0.25, 0.3) is 0 Å². The lowest BCUT2D eigenvalue weighted by molar-refractivity contribution is -0.126. The Labute approximate surface area is 191 Å². The Balaban J connectivity index is 1.49. The molecule has 2 heterocycles. The Morgan fingerprint density at radius 2 is 1.75 bits per heavy atom. The zero-order chi connectivity index (χ0) is 23.3. The number of hydrogen-bond acceptors (Lipinski definition) is 6. The molecule has 9 heteroatoms. The van der Waals surface area contributed by atoms with Crippen molar-refractivity contribution in [1.82, 2.24) is 14.5 Å². The Morgan fingerprint density at radius 1 is 1.09 bits per heavy atom. The van der Waals surface area contributed by atoms with Crippen LogP contribution >= 0.6 is 0 Å². The van der Waals surface area contributed by atoms with Crippen molar-refractivity contribution in [3.8, 4) is 0 Å². The third-order valence-electron chi connectivity index (χ3n) is 6.44. The van der Waals surface area contributed by atoms with Gasteiger partial charge in [-0.3, -0.25) is 4.79 Å². The van der Waals surface area contributed by atoms with Crippen LogP contribution in [0.2, 0.25) is 0 Å². The molecule has 0 radical (unpaired) electrons. The number of ether oxygens (including phenoxy) is 1. The summed E-state index contributed by atoms with van der Waals surface area (Å²) in [7, 11) is -3.66. The highest BCUT2D eigenvalue weighted by molar-refractivity contribution is 7.89. The van der Waals surface area contributed by atoms with E-state index < -0.39 is 16.0 Å². The number of hydrogen-bond donors (Lipinski definition) is 1. The van der Waals surface area contributed by atoms with Crippen LogP contribution in [0.4, 0.5) is 0 Å². The van der Waals surface area contributed by atoms with E-state index in [9.17, 15) is 18.0 Å². The van der Waals surface area contributed by atoms with E-state index in [-0.39, 0.29) is 23.3 Å². The number of carbonyl (C=O) groups is 2. The van der Waals surface area contributed by atoms with Crippen molar-refractivity contribution in [2.24, 2.45) is 11.8 Å². The Hall–Kier alpha value is -1.97. The summed E-state index contributed by atoms with van der Waals surface area (Å²) < 4.78 is 32.3. The van der Waals surface area contributed by atoms with Crippen LogP contribution in [-0.2, 0) is 19.6 Å². The molecule has 0 aromatic heterocycles. The molecule has 1 aromatic carbocycles. The van der Waals surface area contributed by atoms with Gasteiger partial charge in [0.1, 0.15) is 0 Å². The molecule has 0 bridgehead atoms. The maximum atomic E-state index is 13.0. The largest absolute Gasteiger partial charge is 0.462 e. The van der Waals surface area contributed by atoms with Crippen molar-refractivity contribution in [1.29, 1.82) is 0 Å². The molecule has 0 saturated carbocycles. The smallest absolute Gasteiger partial charge is 0.338 e. The first kappa shape index (κ1) is 24.7. The summed E-state index contributed by atoms with van der Waals surface area (Å²) in [6, 6.07) is 6.33. The average Bonchev–Trinajstić information content (AvgIpc) is 3.27. The minimum atomic E-state index is -3.66. The number of amides is 1. The summed E-state index contributed by atoms with van der Waals surface area (Å²) in [5.41, 5.74) is 0.319. The van der Waals surface area contributed by atoms with Crippen LogP contribution in [0.3, 0.4) is 0 Å². The second-order valence-electron chi connectivity index (χ2n) is 8.91.